The molecule has 7 heteroatoms. The molecular formula is C11H16Cl2N4S. The predicted molar refractivity (Wildman–Crippen MR) is 81.9 cm³/mol. The van der Waals surface area contributed by atoms with Gasteiger partial charge in [-0.2, -0.15) is 0 Å². The van der Waals surface area contributed by atoms with Gasteiger partial charge in [0.2, 0.25) is 0 Å². The molecule has 18 heavy (non-hydrogen) atoms. The average Bonchev–Trinajstić information content (AvgIpc) is 2.65. The summed E-state index contributed by atoms with van der Waals surface area (Å²) in [5.41, 5.74) is 3.86. The van der Waals surface area contributed by atoms with Crippen LogP contribution >= 0.6 is 36.2 Å². The van der Waals surface area contributed by atoms with Gasteiger partial charge in [0.1, 0.15) is 0 Å². The topological polar surface area (TPSA) is 63.0 Å². The normalized spacial score (nSPS) is 21.6. The van der Waals surface area contributed by atoms with Gasteiger partial charge in [-0.3, -0.25) is 11.3 Å². The molecular weight excluding hydrogens is 291 g/mol. The van der Waals surface area contributed by atoms with Crippen molar-refractivity contribution < 1.29 is 0 Å². The monoisotopic (exact) mass is 306 g/mol. The molecule has 1 fully saturated rings. The van der Waals surface area contributed by atoms with Crippen LogP contribution in [0.5, 0.6) is 0 Å². The molecule has 1 aliphatic carbocycles. The molecule has 0 atom stereocenters. The molecule has 0 spiro atoms. The van der Waals surface area contributed by atoms with Crippen LogP contribution in [0.25, 0.3) is 10.2 Å². The highest BCUT2D eigenvalue weighted by atomic mass is 35.5. The summed E-state index contributed by atoms with van der Waals surface area (Å²) in [6.07, 6.45) is 2.15. The minimum absolute atomic E-state index is 0. The fourth-order valence-corrected chi connectivity index (χ4v) is 2.92. The van der Waals surface area contributed by atoms with Gasteiger partial charge in [-0.25, -0.2) is 4.98 Å². The minimum atomic E-state index is 0. The predicted octanol–water partition coefficient (Wildman–Crippen LogP) is 2.55. The van der Waals surface area contributed by atoms with Crippen molar-refractivity contribution in [2.45, 2.75) is 24.9 Å². The maximum Gasteiger partial charge on any atom is 0.184 e. The zero-order valence-corrected chi connectivity index (χ0v) is 12.1. The van der Waals surface area contributed by atoms with Crippen molar-refractivity contribution in [1.82, 2.24) is 10.4 Å². The Balaban J connectivity index is 0.000000810. The number of fused-ring (bicyclic) bond motifs is 1. The van der Waals surface area contributed by atoms with E-state index >= 15 is 0 Å². The average molecular weight is 307 g/mol. The van der Waals surface area contributed by atoms with E-state index in [1.165, 1.54) is 4.70 Å². The van der Waals surface area contributed by atoms with Crippen LogP contribution < -0.4 is 16.6 Å². The summed E-state index contributed by atoms with van der Waals surface area (Å²) in [6, 6.07) is 9.19. The van der Waals surface area contributed by atoms with Crippen molar-refractivity contribution in [3.63, 3.8) is 0 Å². The van der Waals surface area contributed by atoms with Gasteiger partial charge in [-0.05, 0) is 25.0 Å². The molecule has 3 rings (SSSR count). The van der Waals surface area contributed by atoms with E-state index in [1.54, 1.807) is 11.3 Å². The van der Waals surface area contributed by atoms with Crippen LogP contribution in [-0.2, 0) is 0 Å². The molecule has 0 radical (unpaired) electrons. The Bertz CT molecular complexity index is 466. The second-order valence-corrected chi connectivity index (χ2v) is 5.19. The van der Waals surface area contributed by atoms with Gasteiger partial charge in [0.15, 0.2) is 5.13 Å². The van der Waals surface area contributed by atoms with Crippen molar-refractivity contribution in [3.05, 3.63) is 24.3 Å². The third-order valence-electron chi connectivity index (χ3n) is 3.00. The molecule has 1 aromatic heterocycles. The Morgan fingerprint density at radius 2 is 1.89 bits per heavy atom. The van der Waals surface area contributed by atoms with Gasteiger partial charge in [0.25, 0.3) is 0 Å². The number of rotatable bonds is 3. The number of nitrogens with one attached hydrogen (secondary N) is 2. The van der Waals surface area contributed by atoms with E-state index in [4.69, 9.17) is 5.84 Å². The second kappa shape index (κ2) is 6.54. The SMILES string of the molecule is Cl.Cl.NN[C@H]1C[C@H](Nc2nc3ccccc3s2)C1. The van der Waals surface area contributed by atoms with Gasteiger partial charge in [0, 0.05) is 12.1 Å². The fraction of sp³-hybridized carbons (Fsp3) is 0.364. The van der Waals surface area contributed by atoms with Crippen molar-refractivity contribution in [2.75, 3.05) is 5.32 Å². The lowest BCUT2D eigenvalue weighted by atomic mass is 9.87. The lowest BCUT2D eigenvalue weighted by Crippen LogP contribution is -2.50. The quantitative estimate of drug-likeness (QED) is 0.602. The standard InChI is InChI=1S/C11H14N4S.2ClH/c12-15-8-5-7(6-8)13-11-14-9-3-1-2-4-10(9)16-11;;/h1-4,7-8,15H,5-6,12H2,(H,13,14);2*1H/t7-,8-;;. The van der Waals surface area contributed by atoms with E-state index in [-0.39, 0.29) is 24.8 Å². The smallest absolute Gasteiger partial charge is 0.184 e. The zero-order valence-electron chi connectivity index (χ0n) is 9.63. The minimum Gasteiger partial charge on any atom is -0.359 e. The van der Waals surface area contributed by atoms with Crippen LogP contribution in [0.1, 0.15) is 12.8 Å². The van der Waals surface area contributed by atoms with Crippen molar-refractivity contribution in [2.24, 2.45) is 5.84 Å². The van der Waals surface area contributed by atoms with Gasteiger partial charge in [0.05, 0.1) is 10.2 Å². The number of hydrogen-bond acceptors (Lipinski definition) is 5. The van der Waals surface area contributed by atoms with E-state index in [1.807, 2.05) is 18.2 Å². The summed E-state index contributed by atoms with van der Waals surface area (Å²) in [6.45, 7) is 0. The Hall–Kier alpha value is -0.590. The summed E-state index contributed by atoms with van der Waals surface area (Å²) in [5.74, 6) is 5.36. The molecule has 0 saturated heterocycles. The van der Waals surface area contributed by atoms with Crippen molar-refractivity contribution in [3.8, 4) is 0 Å². The summed E-state index contributed by atoms with van der Waals surface area (Å²) in [4.78, 5) is 4.54. The van der Waals surface area contributed by atoms with Gasteiger partial charge < -0.3 is 5.32 Å². The maximum atomic E-state index is 5.36. The molecule has 100 valence electrons. The second-order valence-electron chi connectivity index (χ2n) is 4.16. The first-order chi connectivity index (χ1) is 7.85. The highest BCUT2D eigenvalue weighted by molar-refractivity contribution is 7.22. The first-order valence-electron chi connectivity index (χ1n) is 5.43. The summed E-state index contributed by atoms with van der Waals surface area (Å²) in [7, 11) is 0. The van der Waals surface area contributed by atoms with Crippen LogP contribution in [0.3, 0.4) is 0 Å². The van der Waals surface area contributed by atoms with E-state index in [9.17, 15) is 0 Å². The number of anilines is 1. The van der Waals surface area contributed by atoms with Crippen LogP contribution in [-0.4, -0.2) is 17.1 Å². The van der Waals surface area contributed by atoms with Crippen molar-refractivity contribution >= 4 is 51.5 Å². The number of benzene rings is 1. The van der Waals surface area contributed by atoms with Crippen LogP contribution in [0.2, 0.25) is 0 Å². The largest absolute Gasteiger partial charge is 0.359 e. The molecule has 1 saturated carbocycles. The molecule has 1 aromatic carbocycles. The molecule has 1 heterocycles. The fourth-order valence-electron chi connectivity index (χ4n) is 1.98. The maximum absolute atomic E-state index is 5.36. The number of hydrogen-bond donors (Lipinski definition) is 3. The number of aromatic nitrogens is 1. The highest BCUT2D eigenvalue weighted by Crippen LogP contribution is 2.29. The third-order valence-corrected chi connectivity index (χ3v) is 3.96. The zero-order chi connectivity index (χ0) is 11.0. The lowest BCUT2D eigenvalue weighted by molar-refractivity contribution is 0.313. The lowest BCUT2D eigenvalue weighted by Gasteiger charge is -2.34. The van der Waals surface area contributed by atoms with Crippen LogP contribution in [0, 0.1) is 0 Å². The molecule has 4 N–H and O–H groups in total. The molecule has 0 amide bonds. The van der Waals surface area contributed by atoms with E-state index in [0.29, 0.717) is 12.1 Å². The number of thiazole rings is 1. The number of para-hydroxylation sites is 1. The van der Waals surface area contributed by atoms with Crippen molar-refractivity contribution in [1.29, 1.82) is 0 Å². The summed E-state index contributed by atoms with van der Waals surface area (Å²) < 4.78 is 1.23. The van der Waals surface area contributed by atoms with Gasteiger partial charge in [-0.15, -0.1) is 24.8 Å². The number of halogens is 2. The number of hydrazine groups is 1. The Labute approximate surface area is 122 Å². The Morgan fingerprint density at radius 1 is 1.17 bits per heavy atom. The summed E-state index contributed by atoms with van der Waals surface area (Å²) in [5, 5.41) is 4.46. The first-order valence-corrected chi connectivity index (χ1v) is 6.25. The summed E-state index contributed by atoms with van der Waals surface area (Å²) >= 11 is 1.71. The van der Waals surface area contributed by atoms with Gasteiger partial charge >= 0.3 is 0 Å². The highest BCUT2D eigenvalue weighted by Gasteiger charge is 2.28. The van der Waals surface area contributed by atoms with E-state index < -0.39 is 0 Å². The molecule has 2 aromatic rings. The molecule has 4 nitrogen and oxygen atoms in total. The van der Waals surface area contributed by atoms with E-state index in [0.717, 1.165) is 23.5 Å². The molecule has 0 unspecified atom stereocenters. The number of nitrogens with zero attached hydrogens (tertiary/aromatic N) is 1. The Kier molecular flexibility index (Phi) is 5.62. The molecule has 0 aliphatic heterocycles. The van der Waals surface area contributed by atoms with Crippen LogP contribution in [0.4, 0.5) is 5.13 Å². The third kappa shape index (κ3) is 3.05. The Morgan fingerprint density at radius 3 is 2.56 bits per heavy atom. The van der Waals surface area contributed by atoms with Gasteiger partial charge in [-0.1, -0.05) is 23.5 Å². The molecule has 0 bridgehead atoms. The first kappa shape index (κ1) is 15.5. The van der Waals surface area contributed by atoms with E-state index in [2.05, 4.69) is 21.8 Å². The number of nitrogens with two attached hydrogens (primary N) is 1. The van der Waals surface area contributed by atoms with Crippen LogP contribution in [0.15, 0.2) is 24.3 Å². The molecule has 1 aliphatic rings.